The van der Waals surface area contributed by atoms with E-state index in [0.29, 0.717) is 6.42 Å². The molecule has 15 heavy (non-hydrogen) atoms. The Morgan fingerprint density at radius 2 is 2.13 bits per heavy atom. The van der Waals surface area contributed by atoms with Crippen molar-refractivity contribution in [2.45, 2.75) is 18.2 Å². The largest absolute Gasteiger partial charge is 0.477 e. The summed E-state index contributed by atoms with van der Waals surface area (Å²) in [5, 5.41) is 8.57. The lowest BCUT2D eigenvalue weighted by Gasteiger charge is -2.01. The molecule has 0 fully saturated rings. The van der Waals surface area contributed by atoms with E-state index >= 15 is 0 Å². The quantitative estimate of drug-likeness (QED) is 0.831. The molecule has 1 aromatic rings. The predicted molar refractivity (Wildman–Crippen MR) is 53.5 cm³/mol. The fraction of sp³-hybridized carbons (Fsp3) is 0.333. The predicted octanol–water partition coefficient (Wildman–Crippen LogP) is 0.964. The number of pyridine rings is 1. The Morgan fingerprint density at radius 1 is 1.47 bits per heavy atom. The lowest BCUT2D eigenvalue weighted by molar-refractivity contribution is 0.0690. The third kappa shape index (κ3) is 2.76. The summed E-state index contributed by atoms with van der Waals surface area (Å²) in [6, 6.07) is 2.45. The monoisotopic (exact) mass is 229 g/mol. The number of carbonyl (C=O) groups is 1. The van der Waals surface area contributed by atoms with Gasteiger partial charge in [0.2, 0.25) is 0 Å². The molecule has 0 saturated carbocycles. The molecule has 5 nitrogen and oxygen atoms in total. The van der Waals surface area contributed by atoms with Crippen LogP contribution in [-0.4, -0.2) is 30.2 Å². The van der Waals surface area contributed by atoms with Crippen molar-refractivity contribution in [1.29, 1.82) is 0 Å². The van der Waals surface area contributed by atoms with E-state index in [2.05, 4.69) is 4.98 Å². The number of aromatic carboxylic acids is 1. The van der Waals surface area contributed by atoms with Crippen LogP contribution in [0.5, 0.6) is 0 Å². The second-order valence-corrected chi connectivity index (χ2v) is 5.11. The highest BCUT2D eigenvalue weighted by molar-refractivity contribution is 7.91. The highest BCUT2D eigenvalue weighted by Crippen LogP contribution is 2.11. The second-order valence-electron chi connectivity index (χ2n) is 3.00. The summed E-state index contributed by atoms with van der Waals surface area (Å²) in [6.45, 7) is 1.76. The molecule has 82 valence electrons. The van der Waals surface area contributed by atoms with Gasteiger partial charge in [0.15, 0.2) is 9.84 Å². The molecule has 1 N–H and O–H groups in total. The SMILES string of the molecule is CCCS(=O)(=O)c1ccc(C(=O)O)nc1. The fourth-order valence-corrected chi connectivity index (χ4v) is 2.34. The van der Waals surface area contributed by atoms with E-state index in [1.54, 1.807) is 6.92 Å². The number of carboxylic acid groups (broad SMARTS) is 1. The van der Waals surface area contributed by atoms with Crippen LogP contribution in [0, 0.1) is 0 Å². The molecule has 1 aromatic heterocycles. The number of sulfone groups is 1. The van der Waals surface area contributed by atoms with Crippen LogP contribution in [0.25, 0.3) is 0 Å². The van der Waals surface area contributed by atoms with E-state index in [9.17, 15) is 13.2 Å². The zero-order chi connectivity index (χ0) is 11.5. The molecule has 1 heterocycles. The van der Waals surface area contributed by atoms with Crippen LogP contribution in [0.15, 0.2) is 23.2 Å². The van der Waals surface area contributed by atoms with E-state index in [1.807, 2.05) is 0 Å². The van der Waals surface area contributed by atoms with Gasteiger partial charge < -0.3 is 5.11 Å². The van der Waals surface area contributed by atoms with Crippen molar-refractivity contribution in [2.24, 2.45) is 0 Å². The molecule has 0 amide bonds. The first kappa shape index (κ1) is 11.6. The summed E-state index contributed by atoms with van der Waals surface area (Å²) in [4.78, 5) is 14.1. The van der Waals surface area contributed by atoms with Crippen LogP contribution in [0.3, 0.4) is 0 Å². The Hall–Kier alpha value is -1.43. The number of rotatable bonds is 4. The number of hydrogen-bond donors (Lipinski definition) is 1. The molecular formula is C9H11NO4S. The van der Waals surface area contributed by atoms with Crippen LogP contribution >= 0.6 is 0 Å². The van der Waals surface area contributed by atoms with E-state index in [-0.39, 0.29) is 16.3 Å². The summed E-state index contributed by atoms with van der Waals surface area (Å²) in [5.41, 5.74) is -0.162. The highest BCUT2D eigenvalue weighted by Gasteiger charge is 2.14. The van der Waals surface area contributed by atoms with Crippen molar-refractivity contribution in [1.82, 2.24) is 4.98 Å². The highest BCUT2D eigenvalue weighted by atomic mass is 32.2. The van der Waals surface area contributed by atoms with Crippen LogP contribution in [0.4, 0.5) is 0 Å². The van der Waals surface area contributed by atoms with Crippen molar-refractivity contribution in [3.05, 3.63) is 24.0 Å². The zero-order valence-electron chi connectivity index (χ0n) is 8.17. The van der Waals surface area contributed by atoms with Crippen molar-refractivity contribution < 1.29 is 18.3 Å². The van der Waals surface area contributed by atoms with Crippen LogP contribution < -0.4 is 0 Å². The minimum atomic E-state index is -3.31. The van der Waals surface area contributed by atoms with Crippen LogP contribution in [0.1, 0.15) is 23.8 Å². The van der Waals surface area contributed by atoms with Crippen molar-refractivity contribution in [2.75, 3.05) is 5.75 Å². The number of carboxylic acids is 1. The smallest absolute Gasteiger partial charge is 0.354 e. The normalized spacial score (nSPS) is 11.3. The first-order chi connectivity index (χ1) is 6.97. The topological polar surface area (TPSA) is 84.3 Å². The molecule has 0 aliphatic rings. The van der Waals surface area contributed by atoms with E-state index in [1.165, 1.54) is 12.1 Å². The summed E-state index contributed by atoms with van der Waals surface area (Å²) in [7, 11) is -3.31. The van der Waals surface area contributed by atoms with Crippen LogP contribution in [-0.2, 0) is 9.84 Å². The van der Waals surface area contributed by atoms with E-state index < -0.39 is 15.8 Å². The molecule has 0 saturated heterocycles. The summed E-state index contributed by atoms with van der Waals surface area (Å²) < 4.78 is 23.1. The Kier molecular flexibility index (Phi) is 3.41. The minimum absolute atomic E-state index is 0.0428. The van der Waals surface area contributed by atoms with Gasteiger partial charge in [-0.15, -0.1) is 0 Å². The van der Waals surface area contributed by atoms with Gasteiger partial charge in [-0.3, -0.25) is 0 Å². The lowest BCUT2D eigenvalue weighted by Crippen LogP contribution is -2.08. The maximum Gasteiger partial charge on any atom is 0.354 e. The first-order valence-electron chi connectivity index (χ1n) is 4.39. The van der Waals surface area contributed by atoms with Gasteiger partial charge in [0.05, 0.1) is 10.6 Å². The van der Waals surface area contributed by atoms with Gasteiger partial charge in [-0.1, -0.05) is 6.92 Å². The maximum atomic E-state index is 11.5. The van der Waals surface area contributed by atoms with Crippen molar-refractivity contribution in [3.8, 4) is 0 Å². The van der Waals surface area contributed by atoms with Gasteiger partial charge in [0.25, 0.3) is 0 Å². The molecule has 0 radical (unpaired) electrons. The van der Waals surface area contributed by atoms with Gasteiger partial charge in [-0.05, 0) is 18.6 Å². The number of aromatic nitrogens is 1. The molecule has 0 bridgehead atoms. The molecule has 0 aliphatic heterocycles. The van der Waals surface area contributed by atoms with E-state index in [0.717, 1.165) is 6.20 Å². The number of hydrogen-bond acceptors (Lipinski definition) is 4. The Morgan fingerprint density at radius 3 is 2.53 bits per heavy atom. The van der Waals surface area contributed by atoms with E-state index in [4.69, 9.17) is 5.11 Å². The van der Waals surface area contributed by atoms with Gasteiger partial charge >= 0.3 is 5.97 Å². The Balaban J connectivity index is 3.04. The third-order valence-corrected chi connectivity index (χ3v) is 3.69. The zero-order valence-corrected chi connectivity index (χ0v) is 8.99. The Bertz CT molecular complexity index is 450. The average molecular weight is 229 g/mol. The fourth-order valence-electron chi connectivity index (χ4n) is 1.08. The maximum absolute atomic E-state index is 11.5. The summed E-state index contributed by atoms with van der Waals surface area (Å²) in [5.74, 6) is -1.13. The standard InChI is InChI=1S/C9H11NO4S/c1-2-5-15(13,14)7-3-4-8(9(11)12)10-6-7/h3-4,6H,2,5H2,1H3,(H,11,12). The summed E-state index contributed by atoms with van der Waals surface area (Å²) >= 11 is 0. The first-order valence-corrected chi connectivity index (χ1v) is 6.04. The number of nitrogens with zero attached hydrogens (tertiary/aromatic N) is 1. The third-order valence-electron chi connectivity index (χ3n) is 1.79. The van der Waals surface area contributed by atoms with Crippen molar-refractivity contribution >= 4 is 15.8 Å². The van der Waals surface area contributed by atoms with Crippen LogP contribution in [0.2, 0.25) is 0 Å². The molecule has 1 rings (SSSR count). The molecule has 0 unspecified atom stereocenters. The molecule has 6 heteroatoms. The minimum Gasteiger partial charge on any atom is -0.477 e. The van der Waals surface area contributed by atoms with Crippen molar-refractivity contribution in [3.63, 3.8) is 0 Å². The Labute approximate surface area is 87.7 Å². The molecule has 0 aliphatic carbocycles. The van der Waals surface area contributed by atoms with Gasteiger partial charge in [0, 0.05) is 6.20 Å². The molecule has 0 aromatic carbocycles. The molecular weight excluding hydrogens is 218 g/mol. The van der Waals surface area contributed by atoms with Gasteiger partial charge in [-0.25, -0.2) is 18.2 Å². The molecule has 0 atom stereocenters. The van der Waals surface area contributed by atoms with Gasteiger partial charge in [-0.2, -0.15) is 0 Å². The lowest BCUT2D eigenvalue weighted by atomic mass is 10.4. The second kappa shape index (κ2) is 4.39. The molecule has 0 spiro atoms. The summed E-state index contributed by atoms with van der Waals surface area (Å²) in [6.07, 6.45) is 1.59. The average Bonchev–Trinajstić information content (AvgIpc) is 2.18. The van der Waals surface area contributed by atoms with Gasteiger partial charge in [0.1, 0.15) is 5.69 Å².